The average Bonchev–Trinajstić information content (AvgIpc) is 2.64. The van der Waals surface area contributed by atoms with E-state index in [-0.39, 0.29) is 0 Å². The minimum atomic E-state index is -1.17. The third kappa shape index (κ3) is 4.25. The topological polar surface area (TPSA) is 71.0 Å². The van der Waals surface area contributed by atoms with Gasteiger partial charge in [0.25, 0.3) is 0 Å². The Morgan fingerprint density at radius 2 is 2.04 bits per heavy atom. The minimum Gasteiger partial charge on any atom is -0.493 e. The lowest BCUT2D eigenvalue weighted by Crippen LogP contribution is -2.54. The molecule has 2 fully saturated rings. The van der Waals surface area contributed by atoms with E-state index in [1.807, 2.05) is 12.1 Å². The number of hydrogen-bond donors (Lipinski definition) is 2. The molecule has 25 heavy (non-hydrogen) atoms. The third-order valence-corrected chi connectivity index (χ3v) is 5.34. The Labute approximate surface area is 149 Å². The van der Waals surface area contributed by atoms with Crippen molar-refractivity contribution in [1.29, 1.82) is 0 Å². The largest absolute Gasteiger partial charge is 0.493 e. The Morgan fingerprint density at radius 3 is 2.64 bits per heavy atom. The van der Waals surface area contributed by atoms with Crippen LogP contribution in [-0.2, 0) is 4.79 Å². The summed E-state index contributed by atoms with van der Waals surface area (Å²) in [5.74, 6) is 0.842. The highest BCUT2D eigenvalue weighted by molar-refractivity contribution is 5.78. The summed E-state index contributed by atoms with van der Waals surface area (Å²) < 4.78 is 11.3. The number of methoxy groups -OCH3 is 1. The highest BCUT2D eigenvalue weighted by atomic mass is 16.5. The van der Waals surface area contributed by atoms with Crippen molar-refractivity contribution in [2.45, 2.75) is 31.3 Å². The van der Waals surface area contributed by atoms with Gasteiger partial charge in [-0.05, 0) is 44.0 Å². The molecule has 1 aromatic rings. The van der Waals surface area contributed by atoms with E-state index in [1.165, 1.54) is 12.8 Å². The predicted molar refractivity (Wildman–Crippen MR) is 95.3 cm³/mol. The standard InChI is InChI=1S/C19H28N2O4/c1-24-16-6-2-3-7-17(16)25-19(18(22)23)8-11-21(12-9-19)14-15-5-4-10-20-13-15/h2-3,6-7,15,20H,4-5,8-14H2,1H3,(H,22,23)/t15-/m1/s1. The van der Waals surface area contributed by atoms with Gasteiger partial charge in [0.2, 0.25) is 5.60 Å². The number of likely N-dealkylation sites (tertiary alicyclic amines) is 1. The molecule has 1 aromatic carbocycles. The molecule has 0 aliphatic carbocycles. The molecule has 2 N–H and O–H groups in total. The summed E-state index contributed by atoms with van der Waals surface area (Å²) in [6, 6.07) is 7.23. The molecule has 0 spiro atoms. The zero-order chi connectivity index (χ0) is 17.7. The second-order valence-corrected chi connectivity index (χ2v) is 7.07. The first-order valence-electron chi connectivity index (χ1n) is 9.11. The Hall–Kier alpha value is -1.79. The lowest BCUT2D eigenvalue weighted by molar-refractivity contribution is -0.160. The Bertz CT molecular complexity index is 579. The van der Waals surface area contributed by atoms with Crippen molar-refractivity contribution in [1.82, 2.24) is 10.2 Å². The Morgan fingerprint density at radius 1 is 1.32 bits per heavy atom. The molecule has 138 valence electrons. The molecule has 2 aliphatic heterocycles. The van der Waals surface area contributed by atoms with Crippen LogP contribution >= 0.6 is 0 Å². The van der Waals surface area contributed by atoms with Crippen LogP contribution in [0.3, 0.4) is 0 Å². The van der Waals surface area contributed by atoms with E-state index < -0.39 is 11.6 Å². The number of carboxylic acids is 1. The molecule has 0 amide bonds. The first-order chi connectivity index (χ1) is 12.1. The maximum Gasteiger partial charge on any atom is 0.348 e. The highest BCUT2D eigenvalue weighted by Gasteiger charge is 2.44. The highest BCUT2D eigenvalue weighted by Crippen LogP contribution is 2.35. The SMILES string of the molecule is COc1ccccc1OC1(C(=O)O)CCN(C[C@@H]2CCCNC2)CC1. The first-order valence-corrected chi connectivity index (χ1v) is 9.11. The van der Waals surface area contributed by atoms with Gasteiger partial charge in [0.15, 0.2) is 11.5 Å². The summed E-state index contributed by atoms with van der Waals surface area (Å²) in [4.78, 5) is 14.4. The summed E-state index contributed by atoms with van der Waals surface area (Å²) in [6.45, 7) is 4.72. The third-order valence-electron chi connectivity index (χ3n) is 5.34. The quantitative estimate of drug-likeness (QED) is 0.819. The van der Waals surface area contributed by atoms with E-state index in [0.717, 1.165) is 32.7 Å². The summed E-state index contributed by atoms with van der Waals surface area (Å²) >= 11 is 0. The number of benzene rings is 1. The number of carboxylic acid groups (broad SMARTS) is 1. The van der Waals surface area contributed by atoms with E-state index in [2.05, 4.69) is 10.2 Å². The van der Waals surface area contributed by atoms with E-state index in [4.69, 9.17) is 9.47 Å². The van der Waals surface area contributed by atoms with Crippen LogP contribution in [0.1, 0.15) is 25.7 Å². The van der Waals surface area contributed by atoms with Crippen molar-refractivity contribution in [2.24, 2.45) is 5.92 Å². The molecule has 0 aromatic heterocycles. The van der Waals surface area contributed by atoms with Gasteiger partial charge >= 0.3 is 5.97 Å². The van der Waals surface area contributed by atoms with Crippen LogP contribution in [0.2, 0.25) is 0 Å². The second kappa shape index (κ2) is 8.06. The number of nitrogens with one attached hydrogen (secondary N) is 1. The summed E-state index contributed by atoms with van der Waals surface area (Å²) in [6.07, 6.45) is 3.46. The Kier molecular flexibility index (Phi) is 5.81. The zero-order valence-corrected chi connectivity index (χ0v) is 14.9. The van der Waals surface area contributed by atoms with E-state index in [0.29, 0.717) is 30.3 Å². The molecule has 2 aliphatic rings. The van der Waals surface area contributed by atoms with Gasteiger partial charge in [-0.25, -0.2) is 4.79 Å². The van der Waals surface area contributed by atoms with Crippen molar-refractivity contribution in [3.63, 3.8) is 0 Å². The maximum atomic E-state index is 12.0. The van der Waals surface area contributed by atoms with Crippen molar-refractivity contribution in [3.8, 4) is 11.5 Å². The van der Waals surface area contributed by atoms with Gasteiger partial charge in [-0.3, -0.25) is 0 Å². The number of nitrogens with zero attached hydrogens (tertiary/aromatic N) is 1. The molecule has 0 radical (unpaired) electrons. The smallest absolute Gasteiger partial charge is 0.348 e. The van der Waals surface area contributed by atoms with E-state index >= 15 is 0 Å². The maximum absolute atomic E-state index is 12.0. The zero-order valence-electron chi connectivity index (χ0n) is 14.9. The molecule has 0 bridgehead atoms. The van der Waals surface area contributed by atoms with Crippen LogP contribution in [0.25, 0.3) is 0 Å². The number of para-hydroxylation sites is 2. The van der Waals surface area contributed by atoms with Crippen LogP contribution in [-0.4, -0.2) is 61.4 Å². The molecule has 6 heteroatoms. The normalized spacial score (nSPS) is 23.8. The van der Waals surface area contributed by atoms with E-state index in [9.17, 15) is 9.90 Å². The van der Waals surface area contributed by atoms with Gasteiger partial charge in [0, 0.05) is 32.5 Å². The van der Waals surface area contributed by atoms with Gasteiger partial charge in [-0.1, -0.05) is 12.1 Å². The van der Waals surface area contributed by atoms with Crippen LogP contribution < -0.4 is 14.8 Å². The first kappa shape index (κ1) is 18.0. The monoisotopic (exact) mass is 348 g/mol. The van der Waals surface area contributed by atoms with Crippen molar-refractivity contribution < 1.29 is 19.4 Å². The molecule has 0 saturated carbocycles. The summed E-state index contributed by atoms with van der Waals surface area (Å²) in [7, 11) is 1.57. The summed E-state index contributed by atoms with van der Waals surface area (Å²) in [5.41, 5.74) is -1.17. The van der Waals surface area contributed by atoms with Crippen molar-refractivity contribution >= 4 is 5.97 Å². The van der Waals surface area contributed by atoms with Gasteiger partial charge in [-0.2, -0.15) is 0 Å². The van der Waals surface area contributed by atoms with Gasteiger partial charge in [0.05, 0.1) is 7.11 Å². The van der Waals surface area contributed by atoms with Gasteiger partial charge < -0.3 is 24.8 Å². The second-order valence-electron chi connectivity index (χ2n) is 7.07. The number of piperidine rings is 2. The number of rotatable bonds is 6. The fourth-order valence-electron chi connectivity index (χ4n) is 3.81. The van der Waals surface area contributed by atoms with E-state index in [1.54, 1.807) is 19.2 Å². The van der Waals surface area contributed by atoms with Crippen LogP contribution in [0, 0.1) is 5.92 Å². The Balaban J connectivity index is 1.63. The van der Waals surface area contributed by atoms with Gasteiger partial charge in [0.1, 0.15) is 0 Å². The van der Waals surface area contributed by atoms with Crippen molar-refractivity contribution in [3.05, 3.63) is 24.3 Å². The fourth-order valence-corrected chi connectivity index (χ4v) is 3.81. The molecular weight excluding hydrogens is 320 g/mol. The number of ether oxygens (including phenoxy) is 2. The fraction of sp³-hybridized carbons (Fsp3) is 0.632. The van der Waals surface area contributed by atoms with Crippen LogP contribution in [0.5, 0.6) is 11.5 Å². The molecule has 6 nitrogen and oxygen atoms in total. The molecular formula is C19H28N2O4. The molecule has 3 rings (SSSR count). The average molecular weight is 348 g/mol. The van der Waals surface area contributed by atoms with Crippen LogP contribution in [0.4, 0.5) is 0 Å². The van der Waals surface area contributed by atoms with Gasteiger partial charge in [-0.15, -0.1) is 0 Å². The predicted octanol–water partition coefficient (Wildman–Crippen LogP) is 1.99. The lowest BCUT2D eigenvalue weighted by atomic mass is 9.89. The molecule has 1 atom stereocenters. The van der Waals surface area contributed by atoms with Crippen molar-refractivity contribution in [2.75, 3.05) is 39.8 Å². The molecule has 0 unspecified atom stereocenters. The number of carbonyl (C=O) groups is 1. The summed E-state index contributed by atoms with van der Waals surface area (Å²) in [5, 5.41) is 13.3. The molecule has 2 saturated heterocycles. The lowest BCUT2D eigenvalue weighted by Gasteiger charge is -2.40. The number of hydrogen-bond acceptors (Lipinski definition) is 5. The molecule has 2 heterocycles. The van der Waals surface area contributed by atoms with Crippen LogP contribution in [0.15, 0.2) is 24.3 Å². The minimum absolute atomic E-state index is 0.487. The number of aliphatic carboxylic acids is 1.